The average Bonchev–Trinajstić information content (AvgIpc) is 2.55. The van der Waals surface area contributed by atoms with Crippen LogP contribution in [0, 0.1) is 6.92 Å². The Morgan fingerprint density at radius 3 is 2.92 bits per heavy atom. The third kappa shape index (κ3) is 2.37. The zero-order valence-electron chi connectivity index (χ0n) is 14.0. The van der Waals surface area contributed by atoms with Crippen LogP contribution in [-0.4, -0.2) is 20.1 Å². The van der Waals surface area contributed by atoms with E-state index in [1.165, 1.54) is 0 Å². The van der Waals surface area contributed by atoms with Gasteiger partial charge in [0.2, 0.25) is 0 Å². The summed E-state index contributed by atoms with van der Waals surface area (Å²) in [6.07, 6.45) is 3.95. The zero-order valence-corrected chi connectivity index (χ0v) is 14.0. The topological polar surface area (TPSA) is 57.0 Å². The third-order valence-electron chi connectivity index (χ3n) is 4.48. The average molecular weight is 321 g/mol. The molecule has 2 aromatic heterocycles. The predicted molar refractivity (Wildman–Crippen MR) is 92.4 cm³/mol. The molecule has 3 aromatic rings. The number of hydrogen-bond acceptors (Lipinski definition) is 4. The molecule has 0 saturated heterocycles. The van der Waals surface area contributed by atoms with Gasteiger partial charge in [-0.05, 0) is 39.0 Å². The first kappa shape index (κ1) is 14.9. The smallest absolute Gasteiger partial charge is 0.280 e. The first-order chi connectivity index (χ1) is 11.4. The molecule has 1 unspecified atom stereocenters. The number of ether oxygens (including phenoxy) is 1. The molecule has 0 amide bonds. The van der Waals surface area contributed by atoms with Crippen molar-refractivity contribution in [2.75, 3.05) is 0 Å². The molecule has 0 spiro atoms. The van der Waals surface area contributed by atoms with E-state index in [4.69, 9.17) is 4.74 Å². The van der Waals surface area contributed by atoms with Crippen LogP contribution < -0.4 is 10.3 Å². The Bertz CT molecular complexity index is 991. The van der Waals surface area contributed by atoms with Gasteiger partial charge in [-0.15, -0.1) is 0 Å². The predicted octanol–water partition coefficient (Wildman–Crippen LogP) is 3.25. The minimum Gasteiger partial charge on any atom is -0.487 e. The molecular weight excluding hydrogens is 302 g/mol. The fourth-order valence-electron chi connectivity index (χ4n) is 3.37. The molecule has 122 valence electrons. The number of rotatable bonds is 1. The third-order valence-corrected chi connectivity index (χ3v) is 4.48. The van der Waals surface area contributed by atoms with Crippen molar-refractivity contribution in [3.8, 4) is 5.75 Å². The van der Waals surface area contributed by atoms with E-state index >= 15 is 0 Å². The molecule has 1 atom stereocenters. The van der Waals surface area contributed by atoms with Gasteiger partial charge < -0.3 is 4.74 Å². The maximum atomic E-state index is 13.0. The van der Waals surface area contributed by atoms with Crippen LogP contribution in [0.2, 0.25) is 0 Å². The highest BCUT2D eigenvalue weighted by Gasteiger charge is 2.35. The van der Waals surface area contributed by atoms with Gasteiger partial charge in [0.15, 0.2) is 5.52 Å². The van der Waals surface area contributed by atoms with Gasteiger partial charge in [-0.2, -0.15) is 0 Å². The van der Waals surface area contributed by atoms with Crippen LogP contribution >= 0.6 is 0 Å². The van der Waals surface area contributed by atoms with Crippen LogP contribution in [0.1, 0.15) is 37.4 Å². The van der Waals surface area contributed by atoms with Gasteiger partial charge in [0.1, 0.15) is 11.4 Å². The van der Waals surface area contributed by atoms with Gasteiger partial charge in [0.25, 0.3) is 5.56 Å². The highest BCUT2D eigenvalue weighted by Crippen LogP contribution is 2.41. The van der Waals surface area contributed by atoms with E-state index in [0.717, 1.165) is 16.9 Å². The van der Waals surface area contributed by atoms with E-state index in [2.05, 4.69) is 16.0 Å². The summed E-state index contributed by atoms with van der Waals surface area (Å²) in [4.78, 5) is 21.6. The molecule has 5 heteroatoms. The molecule has 0 saturated carbocycles. The highest BCUT2D eigenvalue weighted by atomic mass is 16.5. The van der Waals surface area contributed by atoms with Crippen LogP contribution in [-0.2, 0) is 0 Å². The molecule has 4 rings (SSSR count). The van der Waals surface area contributed by atoms with Crippen LogP contribution in [0.15, 0.2) is 47.7 Å². The van der Waals surface area contributed by atoms with E-state index < -0.39 is 0 Å². The molecule has 0 fully saturated rings. The molecule has 0 bridgehead atoms. The molecule has 1 aromatic carbocycles. The van der Waals surface area contributed by atoms with Gasteiger partial charge in [-0.25, -0.2) is 9.97 Å². The first-order valence-electron chi connectivity index (χ1n) is 8.06. The van der Waals surface area contributed by atoms with Gasteiger partial charge in [-0.3, -0.25) is 9.36 Å². The van der Waals surface area contributed by atoms with Crippen molar-refractivity contribution in [1.82, 2.24) is 14.5 Å². The van der Waals surface area contributed by atoms with Crippen LogP contribution in [0.4, 0.5) is 0 Å². The van der Waals surface area contributed by atoms with Crippen molar-refractivity contribution < 1.29 is 4.74 Å². The maximum absolute atomic E-state index is 13.0. The molecule has 1 aliphatic heterocycles. The lowest BCUT2D eigenvalue weighted by atomic mass is 9.88. The molecule has 1 aliphatic rings. The van der Waals surface area contributed by atoms with Gasteiger partial charge >= 0.3 is 0 Å². The van der Waals surface area contributed by atoms with Crippen molar-refractivity contribution >= 4 is 11.0 Å². The Labute approximate surface area is 139 Å². The van der Waals surface area contributed by atoms with Crippen LogP contribution in [0.5, 0.6) is 5.75 Å². The largest absolute Gasteiger partial charge is 0.487 e. The van der Waals surface area contributed by atoms with Crippen molar-refractivity contribution in [3.63, 3.8) is 0 Å². The highest BCUT2D eigenvalue weighted by molar-refractivity contribution is 5.72. The monoisotopic (exact) mass is 321 g/mol. The van der Waals surface area contributed by atoms with Crippen molar-refractivity contribution in [2.45, 2.75) is 38.8 Å². The molecular formula is C19H19N3O2. The normalized spacial score (nSPS) is 18.9. The summed E-state index contributed by atoms with van der Waals surface area (Å²) in [6, 6.07) is 9.58. The lowest BCUT2D eigenvalue weighted by molar-refractivity contribution is 0.0663. The van der Waals surface area contributed by atoms with Crippen molar-refractivity contribution in [1.29, 1.82) is 0 Å². The number of nitrogens with zero attached hydrogens (tertiary/aromatic N) is 3. The summed E-state index contributed by atoms with van der Waals surface area (Å²) < 4.78 is 7.79. The SMILES string of the molecule is Cc1ccc2c(c1)C(n1cnc3cccnc3c1=O)CC(C)(C)O2. The Morgan fingerprint density at radius 2 is 2.08 bits per heavy atom. The first-order valence-corrected chi connectivity index (χ1v) is 8.06. The minimum absolute atomic E-state index is 0.115. The molecule has 0 radical (unpaired) electrons. The second kappa shape index (κ2) is 5.16. The summed E-state index contributed by atoms with van der Waals surface area (Å²) >= 11 is 0. The van der Waals surface area contributed by atoms with E-state index in [1.54, 1.807) is 29.2 Å². The van der Waals surface area contributed by atoms with E-state index in [9.17, 15) is 4.79 Å². The molecule has 5 nitrogen and oxygen atoms in total. The van der Waals surface area contributed by atoms with E-state index in [-0.39, 0.29) is 17.2 Å². The van der Waals surface area contributed by atoms with Crippen LogP contribution in [0.25, 0.3) is 11.0 Å². The summed E-state index contributed by atoms with van der Waals surface area (Å²) in [5.74, 6) is 0.829. The van der Waals surface area contributed by atoms with Crippen molar-refractivity contribution in [3.05, 3.63) is 64.3 Å². The number of aryl methyl sites for hydroxylation is 1. The molecule has 24 heavy (non-hydrogen) atoms. The number of pyridine rings is 1. The Kier molecular flexibility index (Phi) is 3.20. The maximum Gasteiger partial charge on any atom is 0.280 e. The van der Waals surface area contributed by atoms with E-state index in [0.29, 0.717) is 17.5 Å². The Morgan fingerprint density at radius 1 is 1.25 bits per heavy atom. The summed E-state index contributed by atoms with van der Waals surface area (Å²) in [7, 11) is 0. The zero-order chi connectivity index (χ0) is 16.9. The number of fused-ring (bicyclic) bond motifs is 2. The van der Waals surface area contributed by atoms with Gasteiger partial charge in [0, 0.05) is 18.2 Å². The Hall–Kier alpha value is -2.69. The summed E-state index contributed by atoms with van der Waals surface area (Å²) in [5, 5.41) is 0. The second-order valence-corrected chi connectivity index (χ2v) is 6.95. The summed E-state index contributed by atoms with van der Waals surface area (Å²) in [5.41, 5.74) is 2.71. The fourth-order valence-corrected chi connectivity index (χ4v) is 3.37. The second-order valence-electron chi connectivity index (χ2n) is 6.95. The number of aromatic nitrogens is 3. The Balaban J connectivity index is 1.95. The molecule has 3 heterocycles. The number of benzene rings is 1. The van der Waals surface area contributed by atoms with Gasteiger partial charge in [-0.1, -0.05) is 17.7 Å². The lowest BCUT2D eigenvalue weighted by Gasteiger charge is -2.38. The standard InChI is InChI=1S/C19H19N3O2/c1-12-6-7-16-13(9-12)15(10-19(2,3)24-16)22-11-21-14-5-4-8-20-17(14)18(22)23/h4-9,11,15H,10H2,1-3H3. The molecule has 0 aliphatic carbocycles. The van der Waals surface area contributed by atoms with Crippen molar-refractivity contribution in [2.24, 2.45) is 0 Å². The molecule has 0 N–H and O–H groups in total. The number of hydrogen-bond donors (Lipinski definition) is 0. The lowest BCUT2D eigenvalue weighted by Crippen LogP contribution is -2.39. The van der Waals surface area contributed by atoms with E-state index in [1.807, 2.05) is 32.9 Å². The fraction of sp³-hybridized carbons (Fsp3) is 0.316. The quantitative estimate of drug-likeness (QED) is 0.690. The van der Waals surface area contributed by atoms with Crippen LogP contribution in [0.3, 0.4) is 0 Å². The summed E-state index contributed by atoms with van der Waals surface area (Å²) in [6.45, 7) is 6.13. The minimum atomic E-state index is -0.356. The van der Waals surface area contributed by atoms with Gasteiger partial charge in [0.05, 0.1) is 17.9 Å².